The van der Waals surface area contributed by atoms with E-state index in [0.29, 0.717) is 16.1 Å². The molecule has 2 aromatic rings. The number of carbonyl (C=O) groups excluding carboxylic acids is 2. The van der Waals surface area contributed by atoms with Gasteiger partial charge in [0.1, 0.15) is 0 Å². The van der Waals surface area contributed by atoms with Gasteiger partial charge < -0.3 is 5.32 Å². The normalized spacial score (nSPS) is 10.5. The number of hydrogen-bond donors (Lipinski definition) is 2. The zero-order valence-corrected chi connectivity index (χ0v) is 13.3. The molecule has 0 radical (unpaired) electrons. The van der Waals surface area contributed by atoms with Crippen LogP contribution in [-0.2, 0) is 4.79 Å². The highest BCUT2D eigenvalue weighted by Crippen LogP contribution is 2.12. The van der Waals surface area contributed by atoms with Crippen molar-refractivity contribution in [2.45, 2.75) is 6.92 Å². The number of halogens is 1. The van der Waals surface area contributed by atoms with Gasteiger partial charge in [-0.15, -0.1) is 0 Å². The average molecular weight is 330 g/mol. The Labute approximate surface area is 139 Å². The van der Waals surface area contributed by atoms with Crippen LogP contribution in [0.3, 0.4) is 0 Å². The average Bonchev–Trinajstić information content (AvgIpc) is 2.55. The zero-order chi connectivity index (χ0) is 16.7. The lowest BCUT2D eigenvalue weighted by Crippen LogP contribution is -2.35. The SMILES string of the molecule is Cc1ccccc1C(=O)NCC(=O)N/N=C/c1ccccc1Cl. The molecule has 2 rings (SSSR count). The number of hydrogen-bond acceptors (Lipinski definition) is 3. The summed E-state index contributed by atoms with van der Waals surface area (Å²) in [4.78, 5) is 23.6. The molecule has 0 bridgehead atoms. The Balaban J connectivity index is 1.83. The summed E-state index contributed by atoms with van der Waals surface area (Å²) >= 11 is 5.96. The minimum Gasteiger partial charge on any atom is -0.343 e. The maximum absolute atomic E-state index is 12.0. The van der Waals surface area contributed by atoms with Gasteiger partial charge in [-0.2, -0.15) is 5.10 Å². The van der Waals surface area contributed by atoms with Crippen molar-refractivity contribution in [2.75, 3.05) is 6.54 Å². The van der Waals surface area contributed by atoms with Crippen LogP contribution < -0.4 is 10.7 Å². The second kappa shape index (κ2) is 8.10. The lowest BCUT2D eigenvalue weighted by molar-refractivity contribution is -0.120. The highest BCUT2D eigenvalue weighted by atomic mass is 35.5. The lowest BCUT2D eigenvalue weighted by Gasteiger charge is -2.06. The number of hydrazone groups is 1. The Bertz CT molecular complexity index is 744. The van der Waals surface area contributed by atoms with E-state index in [-0.39, 0.29) is 12.5 Å². The van der Waals surface area contributed by atoms with Crippen LogP contribution in [0.4, 0.5) is 0 Å². The molecule has 2 amide bonds. The van der Waals surface area contributed by atoms with Crippen LogP contribution in [0.1, 0.15) is 21.5 Å². The molecule has 0 aliphatic rings. The first kappa shape index (κ1) is 16.7. The summed E-state index contributed by atoms with van der Waals surface area (Å²) in [7, 11) is 0. The third kappa shape index (κ3) is 4.93. The van der Waals surface area contributed by atoms with Crippen molar-refractivity contribution in [1.29, 1.82) is 0 Å². The Morgan fingerprint density at radius 3 is 2.57 bits per heavy atom. The van der Waals surface area contributed by atoms with Gasteiger partial charge in [0.05, 0.1) is 12.8 Å². The maximum atomic E-state index is 12.0. The molecule has 0 unspecified atom stereocenters. The van der Waals surface area contributed by atoms with Crippen molar-refractivity contribution in [3.05, 3.63) is 70.2 Å². The first-order valence-electron chi connectivity index (χ1n) is 6.98. The van der Waals surface area contributed by atoms with Crippen molar-refractivity contribution >= 4 is 29.6 Å². The van der Waals surface area contributed by atoms with Gasteiger partial charge in [0.2, 0.25) is 0 Å². The molecular weight excluding hydrogens is 314 g/mol. The summed E-state index contributed by atoms with van der Waals surface area (Å²) < 4.78 is 0. The number of aryl methyl sites for hydroxylation is 1. The van der Waals surface area contributed by atoms with Crippen LogP contribution in [0.15, 0.2) is 53.6 Å². The van der Waals surface area contributed by atoms with Gasteiger partial charge in [-0.1, -0.05) is 48.0 Å². The molecular formula is C17H16ClN3O2. The first-order valence-corrected chi connectivity index (χ1v) is 7.36. The first-order chi connectivity index (χ1) is 11.1. The maximum Gasteiger partial charge on any atom is 0.259 e. The molecule has 0 aromatic heterocycles. The Morgan fingerprint density at radius 1 is 1.13 bits per heavy atom. The second-order valence-corrected chi connectivity index (χ2v) is 5.22. The molecule has 0 aliphatic carbocycles. The van der Waals surface area contributed by atoms with Gasteiger partial charge in [0, 0.05) is 16.1 Å². The number of rotatable bonds is 5. The molecule has 0 saturated carbocycles. The summed E-state index contributed by atoms with van der Waals surface area (Å²) in [5, 5.41) is 6.90. The predicted octanol–water partition coefficient (Wildman–Crippen LogP) is 2.53. The van der Waals surface area contributed by atoms with Crippen LogP contribution in [0.25, 0.3) is 0 Å². The molecule has 2 aromatic carbocycles. The minimum atomic E-state index is -0.421. The van der Waals surface area contributed by atoms with Gasteiger partial charge in [0.25, 0.3) is 11.8 Å². The molecule has 0 spiro atoms. The summed E-state index contributed by atoms with van der Waals surface area (Å²) in [5.41, 5.74) is 4.42. The van der Waals surface area contributed by atoms with E-state index in [4.69, 9.17) is 11.6 Å². The molecule has 0 heterocycles. The molecule has 0 fully saturated rings. The number of carbonyl (C=O) groups is 2. The summed E-state index contributed by atoms with van der Waals surface area (Å²) in [6.45, 7) is 1.68. The third-order valence-electron chi connectivity index (χ3n) is 3.10. The van der Waals surface area contributed by atoms with Gasteiger partial charge >= 0.3 is 0 Å². The monoisotopic (exact) mass is 329 g/mol. The highest BCUT2D eigenvalue weighted by molar-refractivity contribution is 6.33. The van der Waals surface area contributed by atoms with Gasteiger partial charge in [-0.25, -0.2) is 5.43 Å². The van der Waals surface area contributed by atoms with Crippen molar-refractivity contribution in [2.24, 2.45) is 5.10 Å². The topological polar surface area (TPSA) is 70.6 Å². The molecule has 0 aliphatic heterocycles. The van der Waals surface area contributed by atoms with Crippen molar-refractivity contribution in [3.63, 3.8) is 0 Å². The van der Waals surface area contributed by atoms with Crippen LogP contribution >= 0.6 is 11.6 Å². The fourth-order valence-electron chi connectivity index (χ4n) is 1.88. The van der Waals surface area contributed by atoms with E-state index in [1.54, 1.807) is 30.3 Å². The van der Waals surface area contributed by atoms with E-state index >= 15 is 0 Å². The number of nitrogens with one attached hydrogen (secondary N) is 2. The number of amides is 2. The molecule has 118 valence electrons. The quantitative estimate of drug-likeness (QED) is 0.653. The minimum absolute atomic E-state index is 0.160. The van der Waals surface area contributed by atoms with Crippen LogP contribution in [0, 0.1) is 6.92 Å². The van der Waals surface area contributed by atoms with Gasteiger partial charge in [-0.3, -0.25) is 9.59 Å². The second-order valence-electron chi connectivity index (χ2n) is 4.81. The van der Waals surface area contributed by atoms with E-state index in [1.807, 2.05) is 25.1 Å². The zero-order valence-electron chi connectivity index (χ0n) is 12.5. The molecule has 5 nitrogen and oxygen atoms in total. The van der Waals surface area contributed by atoms with Gasteiger partial charge in [-0.05, 0) is 24.6 Å². The predicted molar refractivity (Wildman–Crippen MR) is 90.7 cm³/mol. The molecule has 6 heteroatoms. The molecule has 0 saturated heterocycles. The standard InChI is InChI=1S/C17H16ClN3O2/c1-12-6-2-4-8-14(12)17(23)19-11-16(22)21-20-10-13-7-3-5-9-15(13)18/h2-10H,11H2,1H3,(H,19,23)(H,21,22)/b20-10+. The Morgan fingerprint density at radius 2 is 1.83 bits per heavy atom. The Kier molecular flexibility index (Phi) is 5.88. The molecule has 2 N–H and O–H groups in total. The fourth-order valence-corrected chi connectivity index (χ4v) is 2.06. The highest BCUT2D eigenvalue weighted by Gasteiger charge is 2.09. The molecule has 23 heavy (non-hydrogen) atoms. The fraction of sp³-hybridized carbons (Fsp3) is 0.118. The number of benzene rings is 2. The van der Waals surface area contributed by atoms with E-state index in [9.17, 15) is 9.59 Å². The van der Waals surface area contributed by atoms with E-state index < -0.39 is 5.91 Å². The van der Waals surface area contributed by atoms with Gasteiger partial charge in [0.15, 0.2) is 0 Å². The number of nitrogens with zero attached hydrogens (tertiary/aromatic N) is 1. The summed E-state index contributed by atoms with van der Waals surface area (Å²) in [6.07, 6.45) is 1.45. The molecule has 0 atom stereocenters. The van der Waals surface area contributed by atoms with Crippen molar-refractivity contribution in [3.8, 4) is 0 Å². The van der Waals surface area contributed by atoms with Crippen molar-refractivity contribution < 1.29 is 9.59 Å². The largest absolute Gasteiger partial charge is 0.343 e. The summed E-state index contributed by atoms with van der Waals surface area (Å²) in [5.74, 6) is -0.719. The van der Waals surface area contributed by atoms with E-state index in [0.717, 1.165) is 5.56 Å². The Hall–Kier alpha value is -2.66. The van der Waals surface area contributed by atoms with Crippen LogP contribution in [-0.4, -0.2) is 24.6 Å². The van der Waals surface area contributed by atoms with Crippen LogP contribution in [0.5, 0.6) is 0 Å². The van der Waals surface area contributed by atoms with Crippen LogP contribution in [0.2, 0.25) is 5.02 Å². The lowest BCUT2D eigenvalue weighted by atomic mass is 10.1. The third-order valence-corrected chi connectivity index (χ3v) is 3.44. The van der Waals surface area contributed by atoms with E-state index in [1.165, 1.54) is 6.21 Å². The summed E-state index contributed by atoms with van der Waals surface area (Å²) in [6, 6.07) is 14.3. The smallest absolute Gasteiger partial charge is 0.259 e. The van der Waals surface area contributed by atoms with Crippen molar-refractivity contribution in [1.82, 2.24) is 10.7 Å². The van der Waals surface area contributed by atoms with E-state index in [2.05, 4.69) is 15.8 Å².